The van der Waals surface area contributed by atoms with E-state index in [1.807, 2.05) is 0 Å². The number of allylic oxidation sites excluding steroid dienone is 1. The van der Waals surface area contributed by atoms with Crippen LogP contribution in [0.15, 0.2) is 35.7 Å². The Morgan fingerprint density at radius 2 is 2.21 bits per heavy atom. The highest BCUT2D eigenvalue weighted by Gasteiger charge is 2.35. The third-order valence-electron chi connectivity index (χ3n) is 3.74. The lowest BCUT2D eigenvalue weighted by molar-refractivity contribution is -0.384. The second-order valence-electron chi connectivity index (χ2n) is 5.13. The monoisotopic (exact) mass is 327 g/mol. The number of hydrogen-bond acceptors (Lipinski definition) is 7. The van der Waals surface area contributed by atoms with Crippen molar-refractivity contribution < 1.29 is 14.4 Å². The third kappa shape index (κ3) is 2.45. The highest BCUT2D eigenvalue weighted by molar-refractivity contribution is 5.55. The number of rotatable bonds is 4. The Bertz CT molecular complexity index is 863. The molecule has 9 nitrogen and oxygen atoms in total. The van der Waals surface area contributed by atoms with E-state index in [9.17, 15) is 15.4 Å². The first-order valence-corrected chi connectivity index (χ1v) is 6.94. The summed E-state index contributed by atoms with van der Waals surface area (Å²) in [7, 11) is 1.53. The van der Waals surface area contributed by atoms with Gasteiger partial charge in [0.2, 0.25) is 11.8 Å². The van der Waals surface area contributed by atoms with Crippen molar-refractivity contribution in [2.75, 3.05) is 7.11 Å². The van der Waals surface area contributed by atoms with E-state index < -0.39 is 10.8 Å². The van der Waals surface area contributed by atoms with Crippen molar-refractivity contribution in [2.24, 2.45) is 5.73 Å². The van der Waals surface area contributed by atoms with Crippen LogP contribution in [0.4, 0.5) is 5.69 Å². The number of nitrogens with one attached hydrogen (secondary N) is 1. The average molecular weight is 327 g/mol. The van der Waals surface area contributed by atoms with Crippen LogP contribution in [0.2, 0.25) is 0 Å². The van der Waals surface area contributed by atoms with E-state index in [0.29, 0.717) is 16.8 Å². The molecule has 0 saturated carbocycles. The maximum atomic E-state index is 10.8. The smallest absolute Gasteiger partial charge is 0.269 e. The number of fused-ring (bicyclic) bond motifs is 1. The van der Waals surface area contributed by atoms with Crippen molar-refractivity contribution in [2.45, 2.75) is 12.5 Å². The summed E-state index contributed by atoms with van der Waals surface area (Å²) in [6.45, 7) is 0.244. The summed E-state index contributed by atoms with van der Waals surface area (Å²) < 4.78 is 10.5. The molecule has 9 heteroatoms. The zero-order valence-corrected chi connectivity index (χ0v) is 12.6. The molecule has 0 fully saturated rings. The largest absolute Gasteiger partial charge is 0.420 e. The number of ether oxygens (including phenoxy) is 2. The molecule has 0 unspecified atom stereocenters. The van der Waals surface area contributed by atoms with Crippen molar-refractivity contribution in [1.82, 2.24) is 10.2 Å². The lowest BCUT2D eigenvalue weighted by Gasteiger charge is -2.23. The second kappa shape index (κ2) is 6.02. The topological polar surface area (TPSA) is 140 Å². The van der Waals surface area contributed by atoms with E-state index >= 15 is 0 Å². The molecule has 122 valence electrons. The first-order valence-electron chi connectivity index (χ1n) is 6.94. The molecule has 0 aliphatic carbocycles. The SMILES string of the molecule is COCc1[nH]nc2c1[C@H](c1ccc([N+](=O)[O-])cc1)C(C#N)=C(N)O2. The van der Waals surface area contributed by atoms with Gasteiger partial charge in [0.05, 0.1) is 28.7 Å². The molecule has 24 heavy (non-hydrogen) atoms. The summed E-state index contributed by atoms with van der Waals surface area (Å²) in [6.07, 6.45) is 0. The Balaban J connectivity index is 2.15. The van der Waals surface area contributed by atoms with Gasteiger partial charge >= 0.3 is 0 Å². The number of H-pyrrole nitrogens is 1. The van der Waals surface area contributed by atoms with Crippen LogP contribution in [0.5, 0.6) is 5.88 Å². The van der Waals surface area contributed by atoms with Gasteiger partial charge in [0, 0.05) is 19.2 Å². The quantitative estimate of drug-likeness (QED) is 0.643. The molecule has 2 aromatic rings. The number of nitriles is 1. The molecule has 1 aliphatic heterocycles. The van der Waals surface area contributed by atoms with Crippen molar-refractivity contribution >= 4 is 5.69 Å². The summed E-state index contributed by atoms with van der Waals surface area (Å²) in [4.78, 5) is 10.3. The van der Waals surface area contributed by atoms with Crippen LogP contribution in [0.25, 0.3) is 0 Å². The first kappa shape index (κ1) is 15.5. The van der Waals surface area contributed by atoms with E-state index in [1.54, 1.807) is 12.1 Å². The first-order chi connectivity index (χ1) is 11.6. The highest BCUT2D eigenvalue weighted by Crippen LogP contribution is 2.43. The summed E-state index contributed by atoms with van der Waals surface area (Å²) in [5.74, 6) is -0.311. The van der Waals surface area contributed by atoms with Gasteiger partial charge in [-0.25, -0.2) is 0 Å². The molecule has 1 aromatic carbocycles. The Hall–Kier alpha value is -3.38. The number of nitro benzene ring substituents is 1. The molecular formula is C15H13N5O4. The van der Waals surface area contributed by atoms with Crippen LogP contribution in [0.3, 0.4) is 0 Å². The van der Waals surface area contributed by atoms with Gasteiger partial charge in [-0.1, -0.05) is 12.1 Å². The van der Waals surface area contributed by atoms with Crippen LogP contribution < -0.4 is 10.5 Å². The number of nitrogens with two attached hydrogens (primary N) is 1. The number of hydrogen-bond donors (Lipinski definition) is 2. The minimum Gasteiger partial charge on any atom is -0.420 e. The van der Waals surface area contributed by atoms with Crippen molar-refractivity contribution in [3.05, 3.63) is 62.7 Å². The molecule has 1 atom stereocenters. The fourth-order valence-electron chi connectivity index (χ4n) is 2.68. The fraction of sp³-hybridized carbons (Fsp3) is 0.200. The molecule has 1 aliphatic rings. The van der Waals surface area contributed by atoms with Crippen LogP contribution in [0, 0.1) is 21.4 Å². The fourth-order valence-corrected chi connectivity index (χ4v) is 2.68. The van der Waals surface area contributed by atoms with Crippen molar-refractivity contribution in [3.63, 3.8) is 0 Å². The van der Waals surface area contributed by atoms with Crippen LogP contribution >= 0.6 is 0 Å². The molecule has 1 aromatic heterocycles. The third-order valence-corrected chi connectivity index (χ3v) is 3.74. The lowest BCUT2D eigenvalue weighted by Crippen LogP contribution is -2.21. The summed E-state index contributed by atoms with van der Waals surface area (Å²) in [6, 6.07) is 7.99. The normalized spacial score (nSPS) is 16.2. The van der Waals surface area contributed by atoms with Gasteiger partial charge in [-0.2, -0.15) is 5.26 Å². The zero-order chi connectivity index (χ0) is 17.3. The molecule has 3 N–H and O–H groups in total. The number of non-ortho nitro benzene ring substituents is 1. The van der Waals surface area contributed by atoms with Gasteiger partial charge < -0.3 is 15.2 Å². The Kier molecular flexibility index (Phi) is 3.89. The van der Waals surface area contributed by atoms with Gasteiger partial charge in [-0.15, -0.1) is 5.10 Å². The summed E-state index contributed by atoms with van der Waals surface area (Å²) in [5, 5.41) is 27.2. The standard InChI is InChI=1S/C15H13N5O4/c1-23-7-11-13-12(8-2-4-9(5-3-8)20(21)22)10(6-16)14(17)24-15(13)19-18-11/h2-5,12H,7,17H2,1H3,(H,18,19)/t12-/m1/s1. The van der Waals surface area contributed by atoms with Gasteiger partial charge in [0.1, 0.15) is 11.6 Å². The Labute approximate surface area is 136 Å². The summed E-state index contributed by atoms with van der Waals surface area (Å²) in [5.41, 5.74) is 7.97. The van der Waals surface area contributed by atoms with Gasteiger partial charge in [-0.3, -0.25) is 15.2 Å². The van der Waals surface area contributed by atoms with Crippen LogP contribution in [-0.2, 0) is 11.3 Å². The number of benzene rings is 1. The number of aromatic nitrogens is 2. The van der Waals surface area contributed by atoms with Gasteiger partial charge in [0.15, 0.2) is 0 Å². The molecule has 2 heterocycles. The van der Waals surface area contributed by atoms with Crippen molar-refractivity contribution in [1.29, 1.82) is 5.26 Å². The predicted octanol–water partition coefficient (Wildman–Crippen LogP) is 1.68. The molecular weight excluding hydrogens is 314 g/mol. The molecule has 0 amide bonds. The molecule has 3 rings (SSSR count). The predicted molar refractivity (Wildman–Crippen MR) is 81.7 cm³/mol. The van der Waals surface area contributed by atoms with Crippen LogP contribution in [0.1, 0.15) is 22.7 Å². The van der Waals surface area contributed by atoms with Crippen molar-refractivity contribution in [3.8, 4) is 11.9 Å². The molecule has 0 saturated heterocycles. The van der Waals surface area contributed by atoms with Crippen LogP contribution in [-0.4, -0.2) is 22.2 Å². The van der Waals surface area contributed by atoms with E-state index in [1.165, 1.54) is 19.2 Å². The molecule has 0 spiro atoms. The zero-order valence-electron chi connectivity index (χ0n) is 12.6. The maximum Gasteiger partial charge on any atom is 0.269 e. The second-order valence-corrected chi connectivity index (χ2v) is 5.13. The van der Waals surface area contributed by atoms with Gasteiger partial charge in [-0.05, 0) is 5.56 Å². The minimum atomic E-state index is -0.538. The Morgan fingerprint density at radius 3 is 2.79 bits per heavy atom. The van der Waals surface area contributed by atoms with Gasteiger partial charge in [0.25, 0.3) is 5.69 Å². The molecule has 0 bridgehead atoms. The number of nitrogens with zero attached hydrogens (tertiary/aromatic N) is 3. The van der Waals surface area contributed by atoms with E-state index in [0.717, 1.165) is 0 Å². The number of methoxy groups -OCH3 is 1. The highest BCUT2D eigenvalue weighted by atomic mass is 16.6. The lowest BCUT2D eigenvalue weighted by atomic mass is 9.84. The van der Waals surface area contributed by atoms with E-state index in [-0.39, 0.29) is 29.6 Å². The summed E-state index contributed by atoms with van der Waals surface area (Å²) >= 11 is 0. The number of aromatic amines is 1. The minimum absolute atomic E-state index is 0.0363. The number of nitro groups is 1. The molecule has 0 radical (unpaired) electrons. The maximum absolute atomic E-state index is 10.8. The Morgan fingerprint density at radius 1 is 1.50 bits per heavy atom. The average Bonchev–Trinajstić information content (AvgIpc) is 2.96. The van der Waals surface area contributed by atoms with E-state index in [4.69, 9.17) is 15.2 Å². The van der Waals surface area contributed by atoms with E-state index in [2.05, 4.69) is 16.3 Å².